The molecule has 0 saturated carbocycles. The number of imidazole rings is 1. The Kier molecular flexibility index (Phi) is 3.70. The van der Waals surface area contributed by atoms with Crippen LogP contribution >= 0.6 is 0 Å². The number of carboxylic acid groups (broad SMARTS) is 1. The van der Waals surface area contributed by atoms with Gasteiger partial charge in [0.15, 0.2) is 0 Å². The highest BCUT2D eigenvalue weighted by molar-refractivity contribution is 5.74. The summed E-state index contributed by atoms with van der Waals surface area (Å²) in [6.07, 6.45) is 2.83. The number of carbonyl (C=O) groups is 1. The fraction of sp³-hybridized carbons (Fsp3) is 0.400. The second-order valence-electron chi connectivity index (χ2n) is 5.38. The van der Waals surface area contributed by atoms with E-state index in [0.717, 1.165) is 29.2 Å². The molecule has 0 fully saturated rings. The van der Waals surface area contributed by atoms with E-state index in [1.165, 1.54) is 0 Å². The minimum atomic E-state index is -0.791. The quantitative estimate of drug-likeness (QED) is 0.881. The van der Waals surface area contributed by atoms with Crippen molar-refractivity contribution in [1.82, 2.24) is 19.9 Å². The van der Waals surface area contributed by atoms with E-state index in [1.54, 1.807) is 6.33 Å². The lowest BCUT2D eigenvalue weighted by Gasteiger charge is -2.32. The maximum absolute atomic E-state index is 11.5. The van der Waals surface area contributed by atoms with Crippen LogP contribution in [0.15, 0.2) is 24.5 Å². The Labute approximate surface area is 122 Å². The zero-order chi connectivity index (χ0) is 14.8. The molecular weight excluding hydrogens is 268 g/mol. The fourth-order valence-corrected chi connectivity index (χ4v) is 2.76. The summed E-state index contributed by atoms with van der Waals surface area (Å²) in [4.78, 5) is 25.2. The van der Waals surface area contributed by atoms with Gasteiger partial charge in [0.2, 0.25) is 0 Å². The Morgan fingerprint density at radius 3 is 3.14 bits per heavy atom. The molecule has 6 nitrogen and oxygen atoms in total. The Balaban J connectivity index is 1.72. The van der Waals surface area contributed by atoms with Crippen molar-refractivity contribution in [2.75, 3.05) is 6.54 Å². The van der Waals surface area contributed by atoms with Gasteiger partial charge in [0.1, 0.15) is 6.04 Å². The molecule has 3 heterocycles. The smallest absolute Gasteiger partial charge is 0.321 e. The number of hydrogen-bond donors (Lipinski definition) is 2. The number of aromatic nitrogens is 3. The summed E-state index contributed by atoms with van der Waals surface area (Å²) >= 11 is 0. The first kappa shape index (κ1) is 13.8. The Morgan fingerprint density at radius 2 is 2.38 bits per heavy atom. The predicted molar refractivity (Wildman–Crippen MR) is 76.8 cm³/mol. The van der Waals surface area contributed by atoms with Gasteiger partial charge in [0.25, 0.3) is 0 Å². The van der Waals surface area contributed by atoms with Crippen LogP contribution < -0.4 is 0 Å². The van der Waals surface area contributed by atoms with Crippen LogP contribution in [0.2, 0.25) is 0 Å². The van der Waals surface area contributed by atoms with Gasteiger partial charge in [-0.3, -0.25) is 14.7 Å². The maximum atomic E-state index is 11.5. The van der Waals surface area contributed by atoms with Crippen molar-refractivity contribution in [3.05, 3.63) is 47.3 Å². The summed E-state index contributed by atoms with van der Waals surface area (Å²) in [6.45, 7) is 3.23. The number of carboxylic acids is 1. The third kappa shape index (κ3) is 2.95. The zero-order valence-corrected chi connectivity index (χ0v) is 11.9. The van der Waals surface area contributed by atoms with Crippen molar-refractivity contribution in [1.29, 1.82) is 0 Å². The number of nitrogens with one attached hydrogen (secondary N) is 1. The number of aryl methyl sites for hydroxylation is 1. The molecule has 1 atom stereocenters. The van der Waals surface area contributed by atoms with Gasteiger partial charge in [-0.15, -0.1) is 0 Å². The average Bonchev–Trinajstić information content (AvgIpc) is 2.91. The van der Waals surface area contributed by atoms with E-state index >= 15 is 0 Å². The summed E-state index contributed by atoms with van der Waals surface area (Å²) in [5, 5.41) is 9.42. The first-order chi connectivity index (χ1) is 10.1. The van der Waals surface area contributed by atoms with Gasteiger partial charge in [-0.05, 0) is 19.1 Å². The number of H-pyrrole nitrogens is 1. The lowest BCUT2D eigenvalue weighted by Crippen LogP contribution is -2.46. The monoisotopic (exact) mass is 286 g/mol. The molecule has 21 heavy (non-hydrogen) atoms. The molecule has 0 saturated heterocycles. The van der Waals surface area contributed by atoms with E-state index < -0.39 is 12.0 Å². The molecule has 6 heteroatoms. The molecule has 3 rings (SSSR count). The van der Waals surface area contributed by atoms with E-state index in [0.29, 0.717) is 19.5 Å². The average molecular weight is 286 g/mol. The number of hydrogen-bond acceptors (Lipinski definition) is 4. The zero-order valence-electron chi connectivity index (χ0n) is 11.9. The van der Waals surface area contributed by atoms with Crippen molar-refractivity contribution >= 4 is 5.97 Å². The predicted octanol–water partition coefficient (Wildman–Crippen LogP) is 1.17. The number of aliphatic carboxylic acids is 1. The second kappa shape index (κ2) is 5.65. The number of aromatic amines is 1. The summed E-state index contributed by atoms with van der Waals surface area (Å²) in [5.41, 5.74) is 3.86. The van der Waals surface area contributed by atoms with E-state index in [-0.39, 0.29) is 0 Å². The first-order valence-electron chi connectivity index (χ1n) is 7.04. The summed E-state index contributed by atoms with van der Waals surface area (Å²) in [5.74, 6) is -0.791. The number of pyridine rings is 1. The summed E-state index contributed by atoms with van der Waals surface area (Å²) in [6, 6.07) is 5.41. The Hall–Kier alpha value is -2.21. The van der Waals surface area contributed by atoms with Crippen LogP contribution in [0, 0.1) is 6.92 Å². The molecule has 0 amide bonds. The minimum absolute atomic E-state index is 0.454. The Bertz CT molecular complexity index is 653. The van der Waals surface area contributed by atoms with Gasteiger partial charge < -0.3 is 10.1 Å². The van der Waals surface area contributed by atoms with Crippen LogP contribution in [0.25, 0.3) is 0 Å². The molecule has 2 N–H and O–H groups in total. The normalized spacial score (nSPS) is 18.4. The molecule has 0 unspecified atom stereocenters. The maximum Gasteiger partial charge on any atom is 0.321 e. The number of nitrogens with zero attached hydrogens (tertiary/aromatic N) is 3. The lowest BCUT2D eigenvalue weighted by molar-refractivity contribution is -0.144. The van der Waals surface area contributed by atoms with E-state index in [9.17, 15) is 9.90 Å². The van der Waals surface area contributed by atoms with Crippen LogP contribution in [0.3, 0.4) is 0 Å². The molecule has 110 valence electrons. The fourth-order valence-electron chi connectivity index (χ4n) is 2.76. The summed E-state index contributed by atoms with van der Waals surface area (Å²) in [7, 11) is 0. The standard InChI is InChI=1S/C15H18N4O2/c1-10-3-2-4-11(18-10)5-6-19-8-13-12(16-9-17-13)7-14(19)15(20)21/h2-4,9,14H,5-8H2,1H3,(H,16,17)(H,20,21)/t14-/m0/s1. The molecular formula is C15H18N4O2. The summed E-state index contributed by atoms with van der Waals surface area (Å²) < 4.78 is 0. The van der Waals surface area contributed by atoms with Gasteiger partial charge in [0.05, 0.1) is 17.7 Å². The van der Waals surface area contributed by atoms with Crippen LogP contribution in [-0.4, -0.2) is 43.5 Å². The molecule has 0 aromatic carbocycles. The van der Waals surface area contributed by atoms with Crippen molar-refractivity contribution < 1.29 is 9.90 Å². The van der Waals surface area contributed by atoms with Gasteiger partial charge in [-0.2, -0.15) is 0 Å². The van der Waals surface area contributed by atoms with Crippen LogP contribution in [0.5, 0.6) is 0 Å². The van der Waals surface area contributed by atoms with Gasteiger partial charge in [0, 0.05) is 37.3 Å². The third-order valence-electron chi connectivity index (χ3n) is 3.88. The minimum Gasteiger partial charge on any atom is -0.480 e. The van der Waals surface area contributed by atoms with Crippen LogP contribution in [0.1, 0.15) is 22.8 Å². The SMILES string of the molecule is Cc1cccc(CCN2Cc3[nH]cnc3C[C@H]2C(=O)O)n1. The molecule has 0 radical (unpaired) electrons. The Morgan fingerprint density at radius 1 is 1.52 bits per heavy atom. The van der Waals surface area contributed by atoms with Crippen molar-refractivity contribution in [3.8, 4) is 0 Å². The molecule has 1 aliphatic heterocycles. The van der Waals surface area contributed by atoms with Crippen molar-refractivity contribution in [2.24, 2.45) is 0 Å². The largest absolute Gasteiger partial charge is 0.480 e. The van der Waals surface area contributed by atoms with Crippen LogP contribution in [0.4, 0.5) is 0 Å². The van der Waals surface area contributed by atoms with Gasteiger partial charge in [-0.1, -0.05) is 6.07 Å². The number of fused-ring (bicyclic) bond motifs is 1. The van der Waals surface area contributed by atoms with Crippen molar-refractivity contribution in [2.45, 2.75) is 32.4 Å². The topological polar surface area (TPSA) is 82.1 Å². The van der Waals surface area contributed by atoms with Gasteiger partial charge in [-0.25, -0.2) is 4.98 Å². The lowest BCUT2D eigenvalue weighted by atomic mass is 10.0. The highest BCUT2D eigenvalue weighted by atomic mass is 16.4. The third-order valence-corrected chi connectivity index (χ3v) is 3.88. The highest BCUT2D eigenvalue weighted by Crippen LogP contribution is 2.21. The van der Waals surface area contributed by atoms with Crippen molar-refractivity contribution in [3.63, 3.8) is 0 Å². The van der Waals surface area contributed by atoms with Gasteiger partial charge >= 0.3 is 5.97 Å². The molecule has 0 bridgehead atoms. The van der Waals surface area contributed by atoms with Crippen LogP contribution in [-0.2, 0) is 24.2 Å². The molecule has 0 aliphatic carbocycles. The number of rotatable bonds is 4. The second-order valence-corrected chi connectivity index (χ2v) is 5.38. The molecule has 2 aromatic heterocycles. The molecule has 1 aliphatic rings. The van der Waals surface area contributed by atoms with E-state index in [4.69, 9.17) is 0 Å². The van der Waals surface area contributed by atoms with E-state index in [2.05, 4.69) is 15.0 Å². The first-order valence-corrected chi connectivity index (χ1v) is 7.04. The highest BCUT2D eigenvalue weighted by Gasteiger charge is 2.32. The van der Waals surface area contributed by atoms with E-state index in [1.807, 2.05) is 30.0 Å². The molecule has 0 spiro atoms. The molecule has 2 aromatic rings.